The Bertz CT molecular complexity index is 3740. The van der Waals surface area contributed by atoms with Crippen molar-refractivity contribution in [1.82, 2.24) is 14.5 Å². The topological polar surface area (TPSA) is 64.1 Å². The quantitative estimate of drug-likeness (QED) is 0.162. The maximum Gasteiger partial charge on any atom is 0.148 e. The van der Waals surface area contributed by atoms with Gasteiger partial charge in [-0.25, -0.2) is 4.98 Å². The number of aromatic nitrogens is 3. The largest absolute Gasteiger partial charge is 0.507 e. The van der Waals surface area contributed by atoms with Gasteiger partial charge in [-0.05, 0) is 68.6 Å². The maximum atomic E-state index is 12.6. The molecule has 3 heterocycles. The molecule has 0 fully saturated rings. The zero-order valence-electron chi connectivity index (χ0n) is 40.3. The van der Waals surface area contributed by atoms with E-state index in [1.807, 2.05) is 12.3 Å². The van der Waals surface area contributed by atoms with Gasteiger partial charge >= 0.3 is 0 Å². The molecule has 0 bridgehead atoms. The average molecular weight is 1080 g/mol. The third kappa shape index (κ3) is 7.87. The Kier molecular flexibility index (Phi) is 11.4. The Morgan fingerprint density at radius 3 is 2.00 bits per heavy atom. The molecule has 1 N–H and O–H groups in total. The van der Waals surface area contributed by atoms with Gasteiger partial charge in [-0.1, -0.05) is 194 Å². The number of nitrogens with zero attached hydrogens (tertiary/aromatic N) is 3. The Balaban J connectivity index is 0.00000553. The normalized spacial score (nSPS) is 12.3. The molecule has 0 atom stereocenters. The summed E-state index contributed by atoms with van der Waals surface area (Å²) >= 11 is 0. The SMILES string of the molecule is CC(C)(C)c1cc(-c2nc3c(-c4[c-]c(-c5nccc6c5oc5ccc7ccccc7c56)cc(C(C)(C)c5ccccc5)c4)cccc3n2-c2ccccc2-c2ccccc2)c(O)c(C(C)(C)C)c1.[Pt]. The average Bonchev–Trinajstić information content (AvgIpc) is 3.93. The smallest absolute Gasteiger partial charge is 0.148 e. The van der Waals surface area contributed by atoms with Crippen LogP contribution in [-0.2, 0) is 37.3 Å². The van der Waals surface area contributed by atoms with Crippen LogP contribution in [0.25, 0.3) is 94.3 Å². The van der Waals surface area contributed by atoms with Gasteiger partial charge in [0, 0.05) is 60.3 Å². The monoisotopic (exact) mass is 1080 g/mol. The van der Waals surface area contributed by atoms with E-state index >= 15 is 0 Å². The van der Waals surface area contributed by atoms with E-state index in [0.717, 1.165) is 99.6 Å². The third-order valence-electron chi connectivity index (χ3n) is 13.8. The van der Waals surface area contributed by atoms with Crippen molar-refractivity contribution < 1.29 is 30.6 Å². The molecule has 5 nitrogen and oxygen atoms in total. The second-order valence-corrected chi connectivity index (χ2v) is 20.7. The van der Waals surface area contributed by atoms with Crippen molar-refractivity contribution in [1.29, 1.82) is 0 Å². The summed E-state index contributed by atoms with van der Waals surface area (Å²) in [6.07, 6.45) is 1.89. The molecule has 0 unspecified atom stereocenters. The molecule has 0 spiro atoms. The molecule has 0 amide bonds. The molecule has 0 aliphatic rings. The molecular weight excluding hydrogens is 1030 g/mol. The van der Waals surface area contributed by atoms with E-state index in [-0.39, 0.29) is 37.6 Å². The molecule has 0 aliphatic carbocycles. The van der Waals surface area contributed by atoms with E-state index in [9.17, 15) is 5.11 Å². The first kappa shape index (κ1) is 45.7. The number of furan rings is 1. The fourth-order valence-electron chi connectivity index (χ4n) is 9.97. The van der Waals surface area contributed by atoms with Gasteiger partial charge in [0.05, 0.1) is 22.3 Å². The molecule has 0 aliphatic heterocycles. The number of fused-ring (bicyclic) bond motifs is 6. The van der Waals surface area contributed by atoms with Gasteiger partial charge in [-0.2, -0.15) is 0 Å². The molecular formula is C63H54N3O2Pt-. The zero-order chi connectivity index (χ0) is 47.1. The van der Waals surface area contributed by atoms with Crippen LogP contribution in [0.3, 0.4) is 0 Å². The van der Waals surface area contributed by atoms with Crippen LogP contribution in [0.1, 0.15) is 77.6 Å². The summed E-state index contributed by atoms with van der Waals surface area (Å²) < 4.78 is 9.04. The van der Waals surface area contributed by atoms with E-state index in [1.165, 1.54) is 5.56 Å². The Hall–Kier alpha value is -7.07. The van der Waals surface area contributed by atoms with Gasteiger partial charge in [0.15, 0.2) is 0 Å². The standard InChI is InChI=1S/C63H54N3O2.Pt/c1-61(2,3)44-37-50(58(67)51(38-44)62(4,5)6)60-65-57-48(27-19-29-53(57)66(60)52-28-18-17-25-46(52)39-20-11-9-12-21-39)41-34-42(36-45(35-41)63(7,8)43-23-13-10-14-24-43)56-59-49(32-33-64-56)55-47-26-16-15-22-40(47)30-31-54(55)68-59;/h9-33,35-38,67H,1-8H3;/q-1;. The fraction of sp³-hybridized carbons (Fsp3) is 0.175. The van der Waals surface area contributed by atoms with Crippen molar-refractivity contribution in [2.45, 2.75) is 71.6 Å². The Labute approximate surface area is 418 Å². The summed E-state index contributed by atoms with van der Waals surface area (Å²) in [4.78, 5) is 10.8. The number of para-hydroxylation sites is 2. The van der Waals surface area contributed by atoms with Gasteiger partial charge in [0.25, 0.3) is 0 Å². The number of phenols is 1. The van der Waals surface area contributed by atoms with E-state index in [4.69, 9.17) is 14.4 Å². The van der Waals surface area contributed by atoms with Crippen LogP contribution in [-0.4, -0.2) is 19.6 Å². The van der Waals surface area contributed by atoms with Crippen LogP contribution in [0, 0.1) is 6.07 Å². The summed E-state index contributed by atoms with van der Waals surface area (Å²) in [7, 11) is 0. The van der Waals surface area contributed by atoms with Crippen molar-refractivity contribution in [3.05, 3.63) is 204 Å². The summed E-state index contributed by atoms with van der Waals surface area (Å²) in [5.41, 5.74) is 13.7. The number of aromatic hydroxyl groups is 1. The number of pyridine rings is 1. The minimum Gasteiger partial charge on any atom is -0.507 e. The number of hydrogen-bond donors (Lipinski definition) is 1. The first-order valence-corrected chi connectivity index (χ1v) is 23.5. The van der Waals surface area contributed by atoms with Crippen molar-refractivity contribution in [3.8, 4) is 56.3 Å². The third-order valence-corrected chi connectivity index (χ3v) is 13.8. The maximum absolute atomic E-state index is 12.6. The van der Waals surface area contributed by atoms with Crippen LogP contribution in [0.4, 0.5) is 0 Å². The predicted octanol–water partition coefficient (Wildman–Crippen LogP) is 16.6. The molecule has 0 saturated heterocycles. The van der Waals surface area contributed by atoms with Crippen molar-refractivity contribution in [2.75, 3.05) is 0 Å². The molecule has 0 saturated carbocycles. The van der Waals surface area contributed by atoms with Crippen LogP contribution in [0.2, 0.25) is 0 Å². The van der Waals surface area contributed by atoms with E-state index in [0.29, 0.717) is 11.4 Å². The van der Waals surface area contributed by atoms with Crippen molar-refractivity contribution in [2.24, 2.45) is 0 Å². The number of phenolic OH excluding ortho intramolecular Hbond substituents is 1. The van der Waals surface area contributed by atoms with E-state index in [2.05, 4.69) is 230 Å². The number of benzene rings is 8. The van der Waals surface area contributed by atoms with Crippen LogP contribution in [0.15, 0.2) is 180 Å². The second-order valence-electron chi connectivity index (χ2n) is 20.7. The molecule has 69 heavy (non-hydrogen) atoms. The van der Waals surface area contributed by atoms with Gasteiger partial charge in [0.1, 0.15) is 22.7 Å². The molecule has 6 heteroatoms. The molecule has 11 aromatic rings. The minimum absolute atomic E-state index is 0. The van der Waals surface area contributed by atoms with Crippen LogP contribution in [0.5, 0.6) is 5.75 Å². The van der Waals surface area contributed by atoms with Gasteiger partial charge in [0.2, 0.25) is 0 Å². The number of imidazole rings is 1. The minimum atomic E-state index is -0.409. The van der Waals surface area contributed by atoms with Crippen molar-refractivity contribution >= 4 is 43.7 Å². The summed E-state index contributed by atoms with van der Waals surface area (Å²) in [6.45, 7) is 17.7. The van der Waals surface area contributed by atoms with Gasteiger partial charge in [-0.3, -0.25) is 9.55 Å². The van der Waals surface area contributed by atoms with Crippen molar-refractivity contribution in [3.63, 3.8) is 0 Å². The molecule has 11 rings (SSSR count). The second kappa shape index (κ2) is 17.2. The molecule has 8 aromatic carbocycles. The molecule has 344 valence electrons. The first-order chi connectivity index (χ1) is 32.7. The van der Waals surface area contributed by atoms with Crippen LogP contribution < -0.4 is 0 Å². The summed E-state index contributed by atoms with van der Waals surface area (Å²) in [6, 6.07) is 63.5. The molecule has 0 radical (unpaired) electrons. The Morgan fingerprint density at radius 1 is 0.565 bits per heavy atom. The Morgan fingerprint density at radius 2 is 1.25 bits per heavy atom. The summed E-state index contributed by atoms with van der Waals surface area (Å²) in [5, 5.41) is 17.0. The fourth-order valence-corrected chi connectivity index (χ4v) is 9.97. The summed E-state index contributed by atoms with van der Waals surface area (Å²) in [5.74, 6) is 0.894. The molecule has 3 aromatic heterocycles. The van der Waals surface area contributed by atoms with Gasteiger partial charge in [-0.15, -0.1) is 29.3 Å². The van der Waals surface area contributed by atoms with Gasteiger partial charge < -0.3 is 9.52 Å². The number of hydrogen-bond acceptors (Lipinski definition) is 4. The predicted molar refractivity (Wildman–Crippen MR) is 282 cm³/mol. The van der Waals surface area contributed by atoms with E-state index in [1.54, 1.807) is 0 Å². The first-order valence-electron chi connectivity index (χ1n) is 23.5. The zero-order valence-corrected chi connectivity index (χ0v) is 42.5. The van der Waals surface area contributed by atoms with E-state index < -0.39 is 5.41 Å². The van der Waals surface area contributed by atoms with Crippen LogP contribution >= 0.6 is 0 Å². The number of rotatable bonds is 7.